The highest BCUT2D eigenvalue weighted by Crippen LogP contribution is 2.22. The maximum Gasteiger partial charge on any atom is 0.319 e. The minimum absolute atomic E-state index is 0.0312. The summed E-state index contributed by atoms with van der Waals surface area (Å²) in [6.45, 7) is 1.89. The molecule has 0 aromatic heterocycles. The van der Waals surface area contributed by atoms with Gasteiger partial charge < -0.3 is 15.6 Å². The van der Waals surface area contributed by atoms with Crippen molar-refractivity contribution in [2.45, 2.75) is 6.92 Å². The number of nitrogens with two attached hydrogens (primary N) is 1. The fraction of sp³-hybridized carbons (Fsp3) is 0.300. The third kappa shape index (κ3) is 5.93. The normalized spacial score (nSPS) is 8.80. The van der Waals surface area contributed by atoms with E-state index in [-0.39, 0.29) is 18.3 Å². The molecular formula is C10H14ClNO3. The van der Waals surface area contributed by atoms with Gasteiger partial charge in [0.2, 0.25) is 0 Å². The van der Waals surface area contributed by atoms with Gasteiger partial charge in [-0.2, -0.15) is 0 Å². The van der Waals surface area contributed by atoms with Crippen molar-refractivity contribution in [1.82, 2.24) is 0 Å². The van der Waals surface area contributed by atoms with E-state index in [0.717, 1.165) is 5.56 Å². The average molecular weight is 232 g/mol. The lowest BCUT2D eigenvalue weighted by atomic mass is 10.2. The topological polar surface area (TPSA) is 72.5 Å². The molecule has 0 unspecified atom stereocenters. The highest BCUT2D eigenvalue weighted by atomic mass is 35.5. The van der Waals surface area contributed by atoms with Crippen LogP contribution in [0.4, 0.5) is 0 Å². The highest BCUT2D eigenvalue weighted by Gasteiger charge is 1.94. The van der Waals surface area contributed by atoms with E-state index in [1.54, 1.807) is 18.2 Å². The molecule has 1 rings (SSSR count). The Morgan fingerprint density at radius 3 is 2.47 bits per heavy atom. The van der Waals surface area contributed by atoms with E-state index in [4.69, 9.17) is 22.4 Å². The van der Waals surface area contributed by atoms with Gasteiger partial charge in [0, 0.05) is 0 Å². The molecule has 84 valence electrons. The van der Waals surface area contributed by atoms with Crippen LogP contribution in [-0.4, -0.2) is 24.7 Å². The van der Waals surface area contributed by atoms with E-state index in [1.807, 2.05) is 6.92 Å². The number of carbonyl (C=O) groups excluding carboxylic acids is 1. The summed E-state index contributed by atoms with van der Waals surface area (Å²) in [4.78, 5) is 9.83. The second kappa shape index (κ2) is 7.09. The molecule has 0 aliphatic rings. The predicted molar refractivity (Wildman–Crippen MR) is 58.9 cm³/mol. The van der Waals surface area contributed by atoms with Crippen LogP contribution in [0, 0.1) is 6.92 Å². The summed E-state index contributed by atoms with van der Waals surface area (Å²) in [7, 11) is 1.30. The lowest BCUT2D eigenvalue weighted by Crippen LogP contribution is -2.14. The Balaban J connectivity index is 0.000000288. The Hall–Kier alpha value is -1.26. The van der Waals surface area contributed by atoms with E-state index in [1.165, 1.54) is 7.11 Å². The summed E-state index contributed by atoms with van der Waals surface area (Å²) >= 11 is 5.56. The largest absolute Gasteiger partial charge is 0.506 e. The molecule has 0 spiro atoms. The molecule has 0 atom stereocenters. The highest BCUT2D eigenvalue weighted by molar-refractivity contribution is 6.32. The standard InChI is InChI=1S/C7H7ClO.C3H7NO2/c1-5-2-3-7(9)6(8)4-5;1-6-3(5)2-4/h2-4,9H,1H3;2,4H2,1H3. The second-order valence-corrected chi connectivity index (χ2v) is 3.14. The molecular weight excluding hydrogens is 218 g/mol. The zero-order valence-electron chi connectivity index (χ0n) is 8.66. The van der Waals surface area contributed by atoms with Crippen LogP contribution in [0.2, 0.25) is 5.02 Å². The Kier molecular flexibility index (Phi) is 6.49. The predicted octanol–water partition coefficient (Wildman–Crippen LogP) is 1.47. The minimum atomic E-state index is -0.380. The van der Waals surface area contributed by atoms with Gasteiger partial charge in [0.25, 0.3) is 0 Å². The van der Waals surface area contributed by atoms with Gasteiger partial charge in [-0.05, 0) is 24.6 Å². The minimum Gasteiger partial charge on any atom is -0.506 e. The lowest BCUT2D eigenvalue weighted by molar-refractivity contribution is -0.138. The van der Waals surface area contributed by atoms with Crippen LogP contribution in [0.5, 0.6) is 5.75 Å². The molecule has 3 N–H and O–H groups in total. The number of aromatic hydroxyl groups is 1. The monoisotopic (exact) mass is 231 g/mol. The van der Waals surface area contributed by atoms with Crippen molar-refractivity contribution < 1.29 is 14.6 Å². The van der Waals surface area contributed by atoms with E-state index < -0.39 is 0 Å². The first-order valence-electron chi connectivity index (χ1n) is 4.23. The van der Waals surface area contributed by atoms with Crippen molar-refractivity contribution in [3.63, 3.8) is 0 Å². The zero-order valence-corrected chi connectivity index (χ0v) is 9.41. The van der Waals surface area contributed by atoms with E-state index >= 15 is 0 Å². The van der Waals surface area contributed by atoms with E-state index in [9.17, 15) is 4.79 Å². The molecule has 0 radical (unpaired) electrons. The van der Waals surface area contributed by atoms with Gasteiger partial charge in [-0.25, -0.2) is 0 Å². The molecule has 5 heteroatoms. The number of phenolic OH excluding ortho intramolecular Hbond substituents is 1. The number of phenols is 1. The van der Waals surface area contributed by atoms with Crippen molar-refractivity contribution in [1.29, 1.82) is 0 Å². The lowest BCUT2D eigenvalue weighted by Gasteiger charge is -1.95. The zero-order chi connectivity index (χ0) is 11.8. The number of halogens is 1. The van der Waals surface area contributed by atoms with Gasteiger partial charge in [0.15, 0.2) is 0 Å². The fourth-order valence-corrected chi connectivity index (χ4v) is 0.930. The number of hydrogen-bond donors (Lipinski definition) is 2. The summed E-state index contributed by atoms with van der Waals surface area (Å²) in [5.74, 6) is -0.239. The Labute approximate surface area is 93.6 Å². The smallest absolute Gasteiger partial charge is 0.319 e. The Bertz CT molecular complexity index is 322. The molecule has 0 saturated carbocycles. The van der Waals surface area contributed by atoms with Gasteiger partial charge in [0.1, 0.15) is 5.75 Å². The van der Waals surface area contributed by atoms with Crippen LogP contribution in [-0.2, 0) is 9.53 Å². The van der Waals surface area contributed by atoms with Crippen LogP contribution < -0.4 is 5.73 Å². The van der Waals surface area contributed by atoms with Crippen LogP contribution >= 0.6 is 11.6 Å². The molecule has 1 aromatic rings. The number of ether oxygens (including phenoxy) is 1. The van der Waals surface area contributed by atoms with Gasteiger partial charge in [-0.1, -0.05) is 17.7 Å². The first-order valence-corrected chi connectivity index (χ1v) is 4.61. The van der Waals surface area contributed by atoms with Gasteiger partial charge in [-0.3, -0.25) is 4.79 Å². The average Bonchev–Trinajstić information content (AvgIpc) is 2.23. The molecule has 1 aromatic carbocycles. The van der Waals surface area contributed by atoms with E-state index in [2.05, 4.69) is 4.74 Å². The molecule has 0 fully saturated rings. The summed E-state index contributed by atoms with van der Waals surface area (Å²) in [5.41, 5.74) is 5.86. The Morgan fingerprint density at radius 2 is 2.20 bits per heavy atom. The van der Waals surface area contributed by atoms with Gasteiger partial charge >= 0.3 is 5.97 Å². The summed E-state index contributed by atoms with van der Waals surface area (Å²) in [5, 5.41) is 9.32. The number of carbonyl (C=O) groups is 1. The number of methoxy groups -OCH3 is 1. The molecule has 0 aliphatic heterocycles. The molecule has 0 heterocycles. The quantitative estimate of drug-likeness (QED) is 0.718. The fourth-order valence-electron chi connectivity index (χ4n) is 0.695. The first-order chi connectivity index (χ1) is 7.01. The maximum absolute atomic E-state index is 9.83. The first kappa shape index (κ1) is 13.7. The summed E-state index contributed by atoms with van der Waals surface area (Å²) < 4.78 is 4.14. The third-order valence-corrected chi connectivity index (χ3v) is 1.80. The van der Waals surface area contributed by atoms with Crippen molar-refractivity contribution in [2.75, 3.05) is 13.7 Å². The maximum atomic E-state index is 9.83. The number of rotatable bonds is 1. The third-order valence-electron chi connectivity index (χ3n) is 1.50. The van der Waals surface area contributed by atoms with Gasteiger partial charge in [0.05, 0.1) is 18.7 Å². The summed E-state index contributed by atoms with van der Waals surface area (Å²) in [6, 6.07) is 5.11. The number of esters is 1. The van der Waals surface area contributed by atoms with Crippen LogP contribution in [0.3, 0.4) is 0 Å². The van der Waals surface area contributed by atoms with E-state index in [0.29, 0.717) is 5.02 Å². The molecule has 0 bridgehead atoms. The van der Waals surface area contributed by atoms with Crippen molar-refractivity contribution in [3.05, 3.63) is 28.8 Å². The van der Waals surface area contributed by atoms with Crippen molar-refractivity contribution in [2.24, 2.45) is 5.73 Å². The van der Waals surface area contributed by atoms with Crippen molar-refractivity contribution in [3.8, 4) is 5.75 Å². The van der Waals surface area contributed by atoms with Crippen LogP contribution in [0.1, 0.15) is 5.56 Å². The Morgan fingerprint density at radius 1 is 1.60 bits per heavy atom. The second-order valence-electron chi connectivity index (χ2n) is 2.74. The molecule has 0 saturated heterocycles. The van der Waals surface area contributed by atoms with Crippen LogP contribution in [0.25, 0.3) is 0 Å². The van der Waals surface area contributed by atoms with Crippen LogP contribution in [0.15, 0.2) is 18.2 Å². The summed E-state index contributed by atoms with van der Waals surface area (Å²) in [6.07, 6.45) is 0. The molecule has 0 aliphatic carbocycles. The number of benzene rings is 1. The molecule has 4 nitrogen and oxygen atoms in total. The van der Waals surface area contributed by atoms with Gasteiger partial charge in [-0.15, -0.1) is 0 Å². The van der Waals surface area contributed by atoms with Crippen molar-refractivity contribution >= 4 is 17.6 Å². The molecule has 15 heavy (non-hydrogen) atoms. The number of aryl methyl sites for hydroxylation is 1. The number of hydrogen-bond acceptors (Lipinski definition) is 4. The molecule has 0 amide bonds. The SMILES string of the molecule is COC(=O)CN.Cc1ccc(O)c(Cl)c1.